The van der Waals surface area contributed by atoms with Crippen molar-refractivity contribution in [2.24, 2.45) is 0 Å². The predicted octanol–water partition coefficient (Wildman–Crippen LogP) is 1.50. The first kappa shape index (κ1) is 15.2. The Bertz CT molecular complexity index is 527. The van der Waals surface area contributed by atoms with Crippen LogP contribution in [-0.2, 0) is 16.6 Å². The van der Waals surface area contributed by atoms with Crippen LogP contribution in [0.1, 0.15) is 18.7 Å². The summed E-state index contributed by atoms with van der Waals surface area (Å²) in [5.41, 5.74) is 0. The molecule has 0 spiro atoms. The molecule has 0 amide bonds. The smallest absolute Gasteiger partial charge is 0.244 e. The van der Waals surface area contributed by atoms with Crippen molar-refractivity contribution in [1.29, 1.82) is 0 Å². The average Bonchev–Trinajstić information content (AvgIpc) is 2.75. The van der Waals surface area contributed by atoms with Crippen LogP contribution in [0.4, 0.5) is 0 Å². The van der Waals surface area contributed by atoms with E-state index >= 15 is 0 Å². The van der Waals surface area contributed by atoms with Gasteiger partial charge in [0.1, 0.15) is 0 Å². The third-order valence-electron chi connectivity index (χ3n) is 2.38. The number of thiophene rings is 1. The van der Waals surface area contributed by atoms with Crippen molar-refractivity contribution in [3.8, 4) is 12.3 Å². The maximum Gasteiger partial charge on any atom is 0.244 e. The summed E-state index contributed by atoms with van der Waals surface area (Å²) in [5, 5.41) is 5.00. The van der Waals surface area contributed by atoms with Crippen LogP contribution in [-0.4, -0.2) is 32.4 Å². The molecule has 0 aromatic carbocycles. The number of hydrogen-bond donors (Lipinski definition) is 1. The molecule has 0 aliphatic rings. The molecule has 0 bridgehead atoms. The lowest BCUT2D eigenvalue weighted by atomic mass is 10.4. The molecule has 1 heterocycles. The molecule has 0 aliphatic heterocycles. The Balaban J connectivity index is 2.97. The SMILES string of the molecule is C#CCN(C)S(=O)(=O)c1ccsc1CNC(C)C. The standard InChI is InChI=1S/C12H18N2O2S2/c1-5-7-14(4)18(15,16)12-6-8-17-11(12)9-13-10(2)3/h1,6,8,10,13H,7,9H2,2-4H3. The van der Waals surface area contributed by atoms with E-state index in [1.807, 2.05) is 13.8 Å². The summed E-state index contributed by atoms with van der Waals surface area (Å²) in [5.74, 6) is 2.34. The minimum absolute atomic E-state index is 0.0786. The van der Waals surface area contributed by atoms with E-state index in [1.165, 1.54) is 22.7 Å². The van der Waals surface area contributed by atoms with Crippen LogP contribution < -0.4 is 5.32 Å². The van der Waals surface area contributed by atoms with E-state index in [2.05, 4.69) is 11.2 Å². The predicted molar refractivity (Wildman–Crippen MR) is 74.9 cm³/mol. The highest BCUT2D eigenvalue weighted by molar-refractivity contribution is 7.89. The minimum atomic E-state index is -3.48. The zero-order valence-corrected chi connectivity index (χ0v) is 12.4. The quantitative estimate of drug-likeness (QED) is 0.806. The largest absolute Gasteiger partial charge is 0.310 e. The zero-order chi connectivity index (χ0) is 13.8. The van der Waals surface area contributed by atoms with Crippen LogP contribution in [0, 0.1) is 12.3 Å². The molecule has 6 heteroatoms. The first-order valence-corrected chi connectivity index (χ1v) is 7.91. The fourth-order valence-electron chi connectivity index (χ4n) is 1.37. The van der Waals surface area contributed by atoms with E-state index in [-0.39, 0.29) is 6.54 Å². The number of nitrogens with zero attached hydrogens (tertiary/aromatic N) is 1. The van der Waals surface area contributed by atoms with Gasteiger partial charge in [-0.2, -0.15) is 4.31 Å². The second kappa shape index (κ2) is 6.34. The van der Waals surface area contributed by atoms with Gasteiger partial charge in [-0.15, -0.1) is 17.8 Å². The normalized spacial score (nSPS) is 12.0. The minimum Gasteiger partial charge on any atom is -0.310 e. The van der Waals surface area contributed by atoms with E-state index in [0.717, 1.165) is 4.88 Å². The van der Waals surface area contributed by atoms with Crippen molar-refractivity contribution in [3.63, 3.8) is 0 Å². The molecule has 4 nitrogen and oxygen atoms in total. The number of rotatable bonds is 6. The molecule has 1 aromatic heterocycles. The molecule has 1 rings (SSSR count). The monoisotopic (exact) mass is 286 g/mol. The lowest BCUT2D eigenvalue weighted by Gasteiger charge is -2.15. The van der Waals surface area contributed by atoms with Crippen molar-refractivity contribution in [2.75, 3.05) is 13.6 Å². The molecule has 0 aliphatic carbocycles. The van der Waals surface area contributed by atoms with Crippen LogP contribution >= 0.6 is 11.3 Å². The summed E-state index contributed by atoms with van der Waals surface area (Å²) in [4.78, 5) is 1.16. The summed E-state index contributed by atoms with van der Waals surface area (Å²) >= 11 is 1.43. The Morgan fingerprint density at radius 1 is 1.56 bits per heavy atom. The van der Waals surface area contributed by atoms with Crippen molar-refractivity contribution in [1.82, 2.24) is 9.62 Å². The highest BCUT2D eigenvalue weighted by atomic mass is 32.2. The maximum absolute atomic E-state index is 12.3. The van der Waals surface area contributed by atoms with Crippen LogP contribution in [0.2, 0.25) is 0 Å². The van der Waals surface area contributed by atoms with Gasteiger partial charge >= 0.3 is 0 Å². The van der Waals surface area contributed by atoms with Crippen LogP contribution in [0.15, 0.2) is 16.3 Å². The topological polar surface area (TPSA) is 49.4 Å². The Labute approximate surface area is 113 Å². The Hall–Kier alpha value is -0.870. The van der Waals surface area contributed by atoms with Crippen LogP contribution in [0.25, 0.3) is 0 Å². The highest BCUT2D eigenvalue weighted by Gasteiger charge is 2.24. The number of terminal acetylenes is 1. The maximum atomic E-state index is 12.3. The molecule has 0 fully saturated rings. The molecular weight excluding hydrogens is 268 g/mol. The van der Waals surface area contributed by atoms with Crippen molar-refractivity contribution < 1.29 is 8.42 Å². The van der Waals surface area contributed by atoms with Gasteiger partial charge in [-0.3, -0.25) is 0 Å². The Morgan fingerprint density at radius 2 is 2.22 bits per heavy atom. The summed E-state index contributed by atoms with van der Waals surface area (Å²) in [6.07, 6.45) is 5.15. The van der Waals surface area contributed by atoms with Gasteiger partial charge in [-0.1, -0.05) is 19.8 Å². The van der Waals surface area contributed by atoms with Gasteiger partial charge in [-0.05, 0) is 11.4 Å². The lowest BCUT2D eigenvalue weighted by Crippen LogP contribution is -2.28. The first-order chi connectivity index (χ1) is 8.39. The van der Waals surface area contributed by atoms with Crippen LogP contribution in [0.5, 0.6) is 0 Å². The number of nitrogens with one attached hydrogen (secondary N) is 1. The third kappa shape index (κ3) is 3.56. The van der Waals surface area contributed by atoms with Crippen molar-refractivity contribution in [2.45, 2.75) is 31.3 Å². The number of hydrogen-bond acceptors (Lipinski definition) is 4. The molecule has 1 aromatic rings. The van der Waals surface area contributed by atoms with Gasteiger partial charge in [0, 0.05) is 24.5 Å². The molecule has 18 heavy (non-hydrogen) atoms. The lowest BCUT2D eigenvalue weighted by molar-refractivity contribution is 0.501. The van der Waals surface area contributed by atoms with Gasteiger partial charge in [0.25, 0.3) is 0 Å². The molecule has 1 N–H and O–H groups in total. The van der Waals surface area contributed by atoms with E-state index < -0.39 is 10.0 Å². The molecule has 0 saturated carbocycles. The molecule has 0 unspecified atom stereocenters. The van der Waals surface area contributed by atoms with E-state index in [9.17, 15) is 8.42 Å². The van der Waals surface area contributed by atoms with Gasteiger partial charge in [0.05, 0.1) is 11.4 Å². The summed E-state index contributed by atoms with van der Waals surface area (Å²) < 4.78 is 25.7. The van der Waals surface area contributed by atoms with Gasteiger partial charge in [0.15, 0.2) is 0 Å². The van der Waals surface area contributed by atoms with Gasteiger partial charge in [-0.25, -0.2) is 8.42 Å². The zero-order valence-electron chi connectivity index (χ0n) is 10.8. The van der Waals surface area contributed by atoms with Gasteiger partial charge in [0.2, 0.25) is 10.0 Å². The summed E-state index contributed by atoms with van der Waals surface area (Å²) in [6.45, 7) is 4.67. The molecule has 0 radical (unpaired) electrons. The number of sulfonamides is 1. The van der Waals surface area contributed by atoms with E-state index in [0.29, 0.717) is 17.5 Å². The average molecular weight is 286 g/mol. The van der Waals surface area contributed by atoms with Gasteiger partial charge < -0.3 is 5.32 Å². The molecule has 0 saturated heterocycles. The Morgan fingerprint density at radius 3 is 2.78 bits per heavy atom. The molecule has 100 valence electrons. The summed E-state index contributed by atoms with van der Waals surface area (Å²) in [7, 11) is -1.98. The third-order valence-corrected chi connectivity index (χ3v) is 5.32. The fourth-order valence-corrected chi connectivity index (χ4v) is 3.81. The molecular formula is C12H18N2O2S2. The summed E-state index contributed by atoms with van der Waals surface area (Å²) in [6, 6.07) is 1.94. The van der Waals surface area contributed by atoms with E-state index in [1.54, 1.807) is 11.4 Å². The van der Waals surface area contributed by atoms with E-state index in [4.69, 9.17) is 6.42 Å². The second-order valence-electron chi connectivity index (χ2n) is 4.21. The Kier molecular flexibility index (Phi) is 5.35. The molecule has 0 atom stereocenters. The van der Waals surface area contributed by atoms with Crippen LogP contribution in [0.3, 0.4) is 0 Å². The van der Waals surface area contributed by atoms with Crippen molar-refractivity contribution >= 4 is 21.4 Å². The highest BCUT2D eigenvalue weighted by Crippen LogP contribution is 2.24. The second-order valence-corrected chi connectivity index (χ2v) is 7.22. The first-order valence-electron chi connectivity index (χ1n) is 5.59. The van der Waals surface area contributed by atoms with Crippen molar-refractivity contribution in [3.05, 3.63) is 16.3 Å². The fraction of sp³-hybridized carbons (Fsp3) is 0.500.